The van der Waals surface area contributed by atoms with Gasteiger partial charge in [0, 0.05) is 17.6 Å². The van der Waals surface area contributed by atoms with E-state index in [1.54, 1.807) is 0 Å². The first kappa shape index (κ1) is 16.3. The second-order valence-electron chi connectivity index (χ2n) is 4.72. The molecule has 0 fully saturated rings. The molecule has 0 bridgehead atoms. The van der Waals surface area contributed by atoms with E-state index in [9.17, 15) is 9.90 Å². The summed E-state index contributed by atoms with van der Waals surface area (Å²) in [6.07, 6.45) is -0.770. The number of nitrogens with zero attached hydrogens (tertiary/aromatic N) is 1. The van der Waals surface area contributed by atoms with E-state index in [1.165, 1.54) is 11.3 Å². The van der Waals surface area contributed by atoms with Gasteiger partial charge in [0.1, 0.15) is 23.5 Å². The predicted octanol–water partition coefficient (Wildman–Crippen LogP) is 1.69. The maximum atomic E-state index is 11.6. The molecule has 2 rings (SSSR count). The molecule has 0 aliphatic carbocycles. The van der Waals surface area contributed by atoms with Crippen LogP contribution in [0.4, 0.5) is 4.79 Å². The molecule has 1 unspecified atom stereocenters. The summed E-state index contributed by atoms with van der Waals surface area (Å²) < 4.78 is 5.40. The zero-order valence-electron chi connectivity index (χ0n) is 12.3. The number of urea groups is 1. The molecule has 2 aromatic rings. The van der Waals surface area contributed by atoms with Gasteiger partial charge in [-0.2, -0.15) is 0 Å². The van der Waals surface area contributed by atoms with Crippen LogP contribution in [0.1, 0.15) is 10.7 Å². The Hall–Kier alpha value is -2.12. The lowest BCUT2D eigenvalue weighted by atomic mass is 10.3. The molecule has 0 saturated heterocycles. The normalized spacial score (nSPS) is 11.7. The Kier molecular flexibility index (Phi) is 6.17. The van der Waals surface area contributed by atoms with Crippen LogP contribution >= 0.6 is 11.3 Å². The van der Waals surface area contributed by atoms with Crippen molar-refractivity contribution in [3.05, 3.63) is 46.4 Å². The fraction of sp³-hybridized carbons (Fsp3) is 0.333. The minimum absolute atomic E-state index is 0.121. The van der Waals surface area contributed by atoms with Crippen LogP contribution < -0.4 is 15.4 Å². The number of carbonyl (C=O) groups is 1. The van der Waals surface area contributed by atoms with Gasteiger partial charge in [-0.15, -0.1) is 11.3 Å². The van der Waals surface area contributed by atoms with Gasteiger partial charge in [-0.05, 0) is 19.1 Å². The molecule has 1 heterocycles. The van der Waals surface area contributed by atoms with Crippen molar-refractivity contribution in [3.8, 4) is 5.75 Å². The smallest absolute Gasteiger partial charge is 0.315 e. The Morgan fingerprint density at radius 3 is 2.82 bits per heavy atom. The summed E-state index contributed by atoms with van der Waals surface area (Å²) in [6, 6.07) is 8.87. The third-order valence-electron chi connectivity index (χ3n) is 2.75. The molecular formula is C15H19N3O3S. The quantitative estimate of drug-likeness (QED) is 0.725. The lowest BCUT2D eigenvalue weighted by Crippen LogP contribution is -2.41. The highest BCUT2D eigenvalue weighted by Crippen LogP contribution is 2.08. The van der Waals surface area contributed by atoms with Crippen molar-refractivity contribution in [2.45, 2.75) is 19.6 Å². The Bertz CT molecular complexity index is 589. The lowest BCUT2D eigenvalue weighted by Gasteiger charge is -2.13. The zero-order chi connectivity index (χ0) is 15.8. The molecule has 0 radical (unpaired) electrons. The van der Waals surface area contributed by atoms with E-state index in [2.05, 4.69) is 15.6 Å². The Morgan fingerprint density at radius 2 is 2.14 bits per heavy atom. The molecule has 6 nitrogen and oxygen atoms in total. The number of hydrogen-bond donors (Lipinski definition) is 3. The Balaban J connectivity index is 1.61. The van der Waals surface area contributed by atoms with Gasteiger partial charge in [0.15, 0.2) is 0 Å². The van der Waals surface area contributed by atoms with Crippen molar-refractivity contribution in [2.75, 3.05) is 13.2 Å². The first-order valence-electron chi connectivity index (χ1n) is 6.92. The van der Waals surface area contributed by atoms with Crippen molar-refractivity contribution in [2.24, 2.45) is 0 Å². The van der Waals surface area contributed by atoms with Crippen LogP contribution in [0.3, 0.4) is 0 Å². The van der Waals surface area contributed by atoms with E-state index >= 15 is 0 Å². The number of rotatable bonds is 7. The number of benzene rings is 1. The summed E-state index contributed by atoms with van der Waals surface area (Å²) in [4.78, 5) is 15.9. The van der Waals surface area contributed by atoms with Gasteiger partial charge in [-0.25, -0.2) is 9.78 Å². The van der Waals surface area contributed by atoms with Gasteiger partial charge >= 0.3 is 6.03 Å². The highest BCUT2D eigenvalue weighted by atomic mass is 32.1. The minimum Gasteiger partial charge on any atom is -0.491 e. The fourth-order valence-electron chi connectivity index (χ4n) is 1.68. The maximum Gasteiger partial charge on any atom is 0.315 e. The average Bonchev–Trinajstić information content (AvgIpc) is 2.95. The molecule has 0 saturated carbocycles. The number of ether oxygens (including phenoxy) is 1. The summed E-state index contributed by atoms with van der Waals surface area (Å²) in [5.74, 6) is 0.685. The molecule has 1 atom stereocenters. The van der Waals surface area contributed by atoms with Gasteiger partial charge in [0.05, 0.1) is 6.54 Å². The van der Waals surface area contributed by atoms with E-state index in [0.717, 1.165) is 10.7 Å². The van der Waals surface area contributed by atoms with Gasteiger partial charge < -0.3 is 20.5 Å². The van der Waals surface area contributed by atoms with Crippen LogP contribution in [0.15, 0.2) is 35.7 Å². The molecule has 118 valence electrons. The molecule has 2 amide bonds. The van der Waals surface area contributed by atoms with Crippen LogP contribution in [-0.4, -0.2) is 35.4 Å². The number of hydrogen-bond acceptors (Lipinski definition) is 5. The molecule has 0 aliphatic heterocycles. The average molecular weight is 321 g/mol. The molecule has 7 heteroatoms. The number of carbonyl (C=O) groups excluding carboxylic acids is 1. The van der Waals surface area contributed by atoms with Crippen LogP contribution in [0.5, 0.6) is 5.75 Å². The van der Waals surface area contributed by atoms with E-state index < -0.39 is 6.10 Å². The number of nitrogens with one attached hydrogen (secondary N) is 2. The van der Waals surface area contributed by atoms with Gasteiger partial charge in [0.25, 0.3) is 0 Å². The predicted molar refractivity (Wildman–Crippen MR) is 85.0 cm³/mol. The highest BCUT2D eigenvalue weighted by molar-refractivity contribution is 7.09. The zero-order valence-corrected chi connectivity index (χ0v) is 13.1. The summed E-state index contributed by atoms with van der Waals surface area (Å²) in [5, 5.41) is 17.8. The molecule has 3 N–H and O–H groups in total. The fourth-order valence-corrected chi connectivity index (χ4v) is 2.39. The largest absolute Gasteiger partial charge is 0.491 e. The summed E-state index contributed by atoms with van der Waals surface area (Å²) >= 11 is 1.50. The molecule has 0 aliphatic rings. The molecular weight excluding hydrogens is 302 g/mol. The summed E-state index contributed by atoms with van der Waals surface area (Å²) in [6.45, 7) is 2.52. The summed E-state index contributed by atoms with van der Waals surface area (Å²) in [7, 11) is 0. The van der Waals surface area contributed by atoms with Crippen molar-refractivity contribution < 1.29 is 14.6 Å². The number of aliphatic hydroxyl groups is 1. The van der Waals surface area contributed by atoms with Crippen LogP contribution in [0.2, 0.25) is 0 Å². The Morgan fingerprint density at radius 1 is 1.36 bits per heavy atom. The van der Waals surface area contributed by atoms with Gasteiger partial charge in [-0.1, -0.05) is 18.2 Å². The number of para-hydroxylation sites is 1. The van der Waals surface area contributed by atoms with Crippen molar-refractivity contribution in [1.29, 1.82) is 0 Å². The monoisotopic (exact) mass is 321 g/mol. The lowest BCUT2D eigenvalue weighted by molar-refractivity contribution is 0.108. The summed E-state index contributed by atoms with van der Waals surface area (Å²) in [5.41, 5.74) is 0.940. The number of aliphatic hydroxyl groups excluding tert-OH is 1. The van der Waals surface area contributed by atoms with Gasteiger partial charge in [-0.3, -0.25) is 0 Å². The standard InChI is InChI=1S/C15H19N3O3S/c1-11-10-22-14(18-11)8-17-15(20)16-7-12(19)9-21-13-5-3-2-4-6-13/h2-6,10,12,19H,7-9H2,1H3,(H2,16,17,20). The Labute approximate surface area is 133 Å². The van der Waals surface area contributed by atoms with Crippen LogP contribution in [0.25, 0.3) is 0 Å². The minimum atomic E-state index is -0.770. The number of amides is 2. The second kappa shape index (κ2) is 8.35. The topological polar surface area (TPSA) is 83.5 Å². The molecule has 22 heavy (non-hydrogen) atoms. The van der Waals surface area contributed by atoms with Crippen molar-refractivity contribution >= 4 is 17.4 Å². The number of aryl methyl sites for hydroxylation is 1. The molecule has 1 aromatic heterocycles. The first-order valence-corrected chi connectivity index (χ1v) is 7.80. The highest BCUT2D eigenvalue weighted by Gasteiger charge is 2.08. The maximum absolute atomic E-state index is 11.6. The molecule has 1 aromatic carbocycles. The van der Waals surface area contributed by atoms with Crippen LogP contribution in [0, 0.1) is 6.92 Å². The van der Waals surface area contributed by atoms with Crippen molar-refractivity contribution in [3.63, 3.8) is 0 Å². The molecule has 0 spiro atoms. The van der Waals surface area contributed by atoms with E-state index in [1.807, 2.05) is 42.6 Å². The third kappa shape index (κ3) is 5.71. The van der Waals surface area contributed by atoms with E-state index in [-0.39, 0.29) is 19.2 Å². The van der Waals surface area contributed by atoms with Gasteiger partial charge in [0.2, 0.25) is 0 Å². The third-order valence-corrected chi connectivity index (χ3v) is 3.72. The van der Waals surface area contributed by atoms with Crippen LogP contribution in [-0.2, 0) is 6.54 Å². The number of thiazole rings is 1. The number of aromatic nitrogens is 1. The first-order chi connectivity index (χ1) is 10.6. The van der Waals surface area contributed by atoms with E-state index in [4.69, 9.17) is 4.74 Å². The van der Waals surface area contributed by atoms with E-state index in [0.29, 0.717) is 12.3 Å². The van der Waals surface area contributed by atoms with Crippen molar-refractivity contribution in [1.82, 2.24) is 15.6 Å². The SMILES string of the molecule is Cc1csc(CNC(=O)NCC(O)COc2ccccc2)n1. The second-order valence-corrected chi connectivity index (χ2v) is 5.67.